The Kier molecular flexibility index (Phi) is 4.30. The molecule has 1 aromatic carbocycles. The minimum Gasteiger partial charge on any atom is -0.341 e. The number of amides is 1. The average molecular weight is 335 g/mol. The molecule has 2 N–H and O–H groups in total. The van der Waals surface area contributed by atoms with Crippen LogP contribution in [0.5, 0.6) is 0 Å². The lowest BCUT2D eigenvalue weighted by Gasteiger charge is -2.29. The van der Waals surface area contributed by atoms with E-state index in [1.54, 1.807) is 23.9 Å². The predicted molar refractivity (Wildman–Crippen MR) is 93.1 cm³/mol. The van der Waals surface area contributed by atoms with E-state index in [9.17, 15) is 4.79 Å². The maximum absolute atomic E-state index is 12.6. The quantitative estimate of drug-likeness (QED) is 0.720. The molecule has 25 heavy (non-hydrogen) atoms. The Hall–Kier alpha value is -2.93. The molecule has 126 valence electrons. The monoisotopic (exact) mass is 335 g/mol. The van der Waals surface area contributed by atoms with E-state index in [0.29, 0.717) is 0 Å². The van der Waals surface area contributed by atoms with E-state index in [1.165, 1.54) is 6.33 Å². The van der Waals surface area contributed by atoms with Gasteiger partial charge in [-0.15, -0.1) is 0 Å². The van der Waals surface area contributed by atoms with E-state index in [0.717, 1.165) is 48.5 Å². The van der Waals surface area contributed by atoms with Crippen molar-refractivity contribution in [3.05, 3.63) is 49.2 Å². The van der Waals surface area contributed by atoms with E-state index in [1.807, 2.05) is 24.3 Å². The number of carbonyl (C=O) groups is 1. The number of primary amides is 1. The Morgan fingerprint density at radius 1 is 1.12 bits per heavy atom. The number of rotatable bonds is 3. The fourth-order valence-electron chi connectivity index (χ4n) is 3.18. The first kappa shape index (κ1) is 15.6. The maximum Gasteiger partial charge on any atom is 0.318 e. The molecule has 1 amide bonds. The van der Waals surface area contributed by atoms with Gasteiger partial charge in [-0.1, -0.05) is 0 Å². The third-order valence-electron chi connectivity index (χ3n) is 4.57. The molecular weight excluding hydrogens is 316 g/mol. The van der Waals surface area contributed by atoms with E-state index < -0.39 is 0 Å². The molecule has 0 unspecified atom stereocenters. The van der Waals surface area contributed by atoms with Crippen LogP contribution in [-0.2, 0) is 4.79 Å². The largest absolute Gasteiger partial charge is 0.341 e. The first-order chi connectivity index (χ1) is 12.3. The molecule has 1 aliphatic heterocycles. The number of hydrogen-bond acceptors (Lipinski definition) is 6. The lowest BCUT2D eigenvalue weighted by atomic mass is 9.96. The van der Waals surface area contributed by atoms with Gasteiger partial charge in [-0.05, 0) is 25.0 Å². The highest BCUT2D eigenvalue weighted by Crippen LogP contribution is 2.20. The van der Waals surface area contributed by atoms with Crippen LogP contribution in [0.3, 0.4) is 0 Å². The number of aromatic nitrogens is 4. The van der Waals surface area contributed by atoms with Gasteiger partial charge in [-0.25, -0.2) is 24.7 Å². The summed E-state index contributed by atoms with van der Waals surface area (Å²) in [4.78, 5) is 31.6. The number of benzene rings is 1. The number of hydrogen-bond donors (Lipinski definition) is 1. The molecule has 2 aromatic heterocycles. The molecule has 1 fully saturated rings. The number of nitrogens with zero attached hydrogens (tertiary/aromatic N) is 5. The van der Waals surface area contributed by atoms with Crippen molar-refractivity contribution < 1.29 is 10.1 Å². The zero-order chi connectivity index (χ0) is 17.1. The van der Waals surface area contributed by atoms with Crippen molar-refractivity contribution in [3.8, 4) is 0 Å². The Labute approximate surface area is 145 Å². The molecule has 0 bridgehead atoms. The van der Waals surface area contributed by atoms with Crippen LogP contribution in [0.1, 0.15) is 12.8 Å². The molecule has 1 saturated heterocycles. The summed E-state index contributed by atoms with van der Waals surface area (Å²) in [6.45, 7) is 1.61. The number of carbonyl (C=O) groups excluding carboxylic acids is 1. The van der Waals surface area contributed by atoms with Crippen LogP contribution in [0, 0.1) is 5.92 Å². The maximum atomic E-state index is 12.6. The van der Waals surface area contributed by atoms with Gasteiger partial charge in [-0.2, -0.15) is 0 Å². The van der Waals surface area contributed by atoms with Gasteiger partial charge in [0.05, 0.1) is 11.4 Å². The van der Waals surface area contributed by atoms with Crippen LogP contribution in [0.15, 0.2) is 49.2 Å². The van der Waals surface area contributed by atoms with Crippen molar-refractivity contribution in [2.75, 3.05) is 18.0 Å². The van der Waals surface area contributed by atoms with Crippen LogP contribution in [0.2, 0.25) is 0 Å². The molecule has 7 heteroatoms. The molecule has 3 aromatic rings. The van der Waals surface area contributed by atoms with Crippen molar-refractivity contribution in [2.24, 2.45) is 5.92 Å². The van der Waals surface area contributed by atoms with Crippen molar-refractivity contribution >= 4 is 28.4 Å². The predicted octanol–water partition coefficient (Wildman–Crippen LogP) is 1.06. The highest BCUT2D eigenvalue weighted by molar-refractivity contribution is 5.80. The summed E-state index contributed by atoms with van der Waals surface area (Å²) >= 11 is 0. The Morgan fingerprint density at radius 2 is 1.92 bits per heavy atom. The van der Waals surface area contributed by atoms with Crippen molar-refractivity contribution in [1.82, 2.24) is 19.9 Å². The standard InChI is InChI=1S/C18H18N6O/c25-17(23-15-3-2-14-11-19-12-22-16(14)10-15)13-4-8-24(9-5-13)18-20-6-1-7-21-18/h1-3,6-7,10-13H,4-5,8-9H2,(H,23,25)/p+1. The van der Waals surface area contributed by atoms with E-state index in [2.05, 4.69) is 24.8 Å². The van der Waals surface area contributed by atoms with Crippen LogP contribution >= 0.6 is 0 Å². The molecule has 4 rings (SSSR count). The Balaban J connectivity index is 1.38. The summed E-state index contributed by atoms with van der Waals surface area (Å²) in [6.07, 6.45) is 8.44. The fourth-order valence-corrected chi connectivity index (χ4v) is 3.18. The van der Waals surface area contributed by atoms with Gasteiger partial charge >= 0.3 is 5.91 Å². The second-order valence-electron chi connectivity index (χ2n) is 6.20. The summed E-state index contributed by atoms with van der Waals surface area (Å²) < 4.78 is 0. The summed E-state index contributed by atoms with van der Waals surface area (Å²) in [5, 5.41) is 2.71. The SMILES string of the molecule is O=C([NH2+]c1ccc2cncnc2c1)C1CCN(c2ncccn2)CC1. The van der Waals surface area contributed by atoms with Gasteiger partial charge < -0.3 is 4.90 Å². The second kappa shape index (κ2) is 6.90. The van der Waals surface area contributed by atoms with Crippen molar-refractivity contribution in [3.63, 3.8) is 0 Å². The summed E-state index contributed by atoms with van der Waals surface area (Å²) in [7, 11) is 0. The zero-order valence-electron chi connectivity index (χ0n) is 13.7. The third kappa shape index (κ3) is 3.46. The minimum atomic E-state index is 0.0565. The first-order valence-corrected chi connectivity index (χ1v) is 8.40. The molecule has 0 saturated carbocycles. The number of quaternary nitrogens is 1. The summed E-state index contributed by atoms with van der Waals surface area (Å²) in [6, 6.07) is 7.63. The van der Waals surface area contributed by atoms with Crippen LogP contribution in [0.4, 0.5) is 11.6 Å². The van der Waals surface area contributed by atoms with Crippen LogP contribution < -0.4 is 10.2 Å². The van der Waals surface area contributed by atoms with E-state index in [4.69, 9.17) is 0 Å². The number of piperidine rings is 1. The zero-order valence-corrected chi connectivity index (χ0v) is 13.7. The second-order valence-corrected chi connectivity index (χ2v) is 6.20. The van der Waals surface area contributed by atoms with Crippen molar-refractivity contribution in [1.29, 1.82) is 0 Å². The van der Waals surface area contributed by atoms with Crippen molar-refractivity contribution in [2.45, 2.75) is 12.8 Å². The molecule has 1 aliphatic rings. The molecule has 0 aliphatic carbocycles. The van der Waals surface area contributed by atoms with Gasteiger partial charge in [0.15, 0.2) is 0 Å². The molecule has 0 spiro atoms. The van der Waals surface area contributed by atoms with Gasteiger partial charge in [0.25, 0.3) is 0 Å². The van der Waals surface area contributed by atoms with E-state index >= 15 is 0 Å². The normalized spacial score (nSPS) is 15.4. The lowest BCUT2D eigenvalue weighted by molar-refractivity contribution is -0.487. The molecule has 3 heterocycles. The van der Waals surface area contributed by atoms with Gasteiger partial charge in [0.2, 0.25) is 5.95 Å². The number of fused-ring (bicyclic) bond motifs is 1. The smallest absolute Gasteiger partial charge is 0.318 e. The van der Waals surface area contributed by atoms with Crippen LogP contribution in [0.25, 0.3) is 10.9 Å². The average Bonchev–Trinajstić information content (AvgIpc) is 2.69. The topological polar surface area (TPSA) is 88.5 Å². The Bertz CT molecular complexity index is 877. The minimum absolute atomic E-state index is 0.0565. The van der Waals surface area contributed by atoms with Gasteiger partial charge in [-0.3, -0.25) is 5.32 Å². The van der Waals surface area contributed by atoms with Gasteiger partial charge in [0, 0.05) is 49.2 Å². The Morgan fingerprint density at radius 3 is 2.72 bits per heavy atom. The van der Waals surface area contributed by atoms with Gasteiger partial charge in [0.1, 0.15) is 12.0 Å². The molecule has 0 radical (unpaired) electrons. The first-order valence-electron chi connectivity index (χ1n) is 8.40. The summed E-state index contributed by atoms with van der Waals surface area (Å²) in [5.74, 6) is 0.981. The van der Waals surface area contributed by atoms with Crippen LogP contribution in [-0.4, -0.2) is 38.9 Å². The number of anilines is 1. The summed E-state index contributed by atoms with van der Waals surface area (Å²) in [5.41, 5.74) is 1.75. The molecular formula is C18H19N6O+. The molecule has 0 atom stereocenters. The highest BCUT2D eigenvalue weighted by Gasteiger charge is 2.29. The highest BCUT2D eigenvalue weighted by atomic mass is 16.1. The molecule has 7 nitrogen and oxygen atoms in total. The lowest BCUT2D eigenvalue weighted by Crippen LogP contribution is -2.84. The number of nitrogens with two attached hydrogens (primary N) is 1. The third-order valence-corrected chi connectivity index (χ3v) is 4.57. The fraction of sp³-hybridized carbons (Fsp3) is 0.278. The van der Waals surface area contributed by atoms with E-state index in [-0.39, 0.29) is 11.8 Å².